The number of carbonyl (C=O) groups is 2. The molecule has 3 heterocycles. The van der Waals surface area contributed by atoms with Gasteiger partial charge < -0.3 is 24.2 Å². The Kier molecular flexibility index (Phi) is 6.37. The van der Waals surface area contributed by atoms with Crippen LogP contribution in [0.5, 0.6) is 11.5 Å². The number of hydrogen-bond acceptors (Lipinski definition) is 8. The van der Waals surface area contributed by atoms with Crippen molar-refractivity contribution in [2.45, 2.75) is 19.9 Å². The van der Waals surface area contributed by atoms with Gasteiger partial charge in [0.05, 0.1) is 12.6 Å². The normalized spacial score (nSPS) is 16.2. The van der Waals surface area contributed by atoms with Crippen molar-refractivity contribution < 1.29 is 23.6 Å². The molecule has 0 saturated carbocycles. The van der Waals surface area contributed by atoms with Crippen LogP contribution in [0.4, 0.5) is 0 Å². The van der Waals surface area contributed by atoms with Crippen LogP contribution < -0.4 is 14.8 Å². The van der Waals surface area contributed by atoms with Crippen molar-refractivity contribution in [1.29, 1.82) is 0 Å². The van der Waals surface area contributed by atoms with Crippen LogP contribution in [0.25, 0.3) is 11.4 Å². The number of piperazine rings is 1. The molecule has 2 aromatic carbocycles. The van der Waals surface area contributed by atoms with Gasteiger partial charge in [-0.2, -0.15) is 4.98 Å². The van der Waals surface area contributed by atoms with E-state index in [4.69, 9.17) is 14.0 Å². The molecule has 1 saturated heterocycles. The third-order valence-corrected chi connectivity index (χ3v) is 6.36. The average Bonchev–Trinajstić information content (AvgIpc) is 3.57. The quantitative estimate of drug-likeness (QED) is 0.576. The maximum absolute atomic E-state index is 12.7. The molecule has 1 fully saturated rings. The van der Waals surface area contributed by atoms with E-state index >= 15 is 0 Å². The summed E-state index contributed by atoms with van der Waals surface area (Å²) in [7, 11) is 0. The molecular weight excluding hydrogens is 450 g/mol. The number of benzene rings is 2. The van der Waals surface area contributed by atoms with Crippen molar-refractivity contribution in [3.63, 3.8) is 0 Å². The van der Waals surface area contributed by atoms with Gasteiger partial charge in [0.15, 0.2) is 11.5 Å². The van der Waals surface area contributed by atoms with E-state index in [2.05, 4.69) is 20.4 Å². The number of rotatable bonds is 6. The smallest absolute Gasteiger partial charge is 0.251 e. The molecule has 35 heavy (non-hydrogen) atoms. The van der Waals surface area contributed by atoms with E-state index in [9.17, 15) is 9.59 Å². The molecule has 2 aliphatic rings. The molecule has 0 radical (unpaired) electrons. The predicted molar refractivity (Wildman–Crippen MR) is 126 cm³/mol. The van der Waals surface area contributed by atoms with Crippen LogP contribution in [0.15, 0.2) is 47.0 Å². The maximum atomic E-state index is 12.7. The Balaban J connectivity index is 1.11. The first-order valence-corrected chi connectivity index (χ1v) is 11.6. The zero-order valence-corrected chi connectivity index (χ0v) is 19.7. The topological polar surface area (TPSA) is 110 Å². The zero-order valence-electron chi connectivity index (χ0n) is 19.7. The van der Waals surface area contributed by atoms with Gasteiger partial charge in [0.25, 0.3) is 5.91 Å². The van der Waals surface area contributed by atoms with Crippen LogP contribution in [0.1, 0.15) is 34.8 Å². The van der Waals surface area contributed by atoms with E-state index in [1.165, 1.54) is 5.56 Å². The van der Waals surface area contributed by atoms with Gasteiger partial charge in [-0.1, -0.05) is 35.0 Å². The van der Waals surface area contributed by atoms with Crippen LogP contribution in [-0.2, 0) is 4.79 Å². The Morgan fingerprint density at radius 2 is 1.77 bits per heavy atom. The second-order valence-electron chi connectivity index (χ2n) is 8.67. The predicted octanol–water partition coefficient (Wildman–Crippen LogP) is 2.41. The summed E-state index contributed by atoms with van der Waals surface area (Å²) in [5.74, 6) is 1.81. The highest BCUT2D eigenvalue weighted by atomic mass is 16.7. The monoisotopic (exact) mass is 477 g/mol. The van der Waals surface area contributed by atoms with Crippen molar-refractivity contribution in [1.82, 2.24) is 25.3 Å². The highest BCUT2D eigenvalue weighted by molar-refractivity contribution is 5.97. The van der Waals surface area contributed by atoms with Crippen LogP contribution in [0.3, 0.4) is 0 Å². The lowest BCUT2D eigenvalue weighted by Crippen LogP contribution is -2.51. The van der Waals surface area contributed by atoms with Crippen LogP contribution in [-0.4, -0.2) is 71.3 Å². The number of carbonyl (C=O) groups excluding carboxylic acids is 2. The molecule has 182 valence electrons. The fraction of sp³-hybridized carbons (Fsp3) is 0.360. The Labute approximate surface area is 202 Å². The molecule has 10 nitrogen and oxygen atoms in total. The number of fused-ring (bicyclic) bond motifs is 1. The molecule has 1 N–H and O–H groups in total. The van der Waals surface area contributed by atoms with E-state index in [1.54, 1.807) is 23.1 Å². The molecule has 1 atom stereocenters. The number of nitrogens with zero attached hydrogens (tertiary/aromatic N) is 4. The fourth-order valence-electron chi connectivity index (χ4n) is 4.15. The largest absolute Gasteiger partial charge is 0.454 e. The van der Waals surface area contributed by atoms with E-state index in [0.29, 0.717) is 55.0 Å². The molecule has 2 aliphatic heterocycles. The Hall–Kier alpha value is -3.92. The Morgan fingerprint density at radius 1 is 1.03 bits per heavy atom. The number of amides is 2. The van der Waals surface area contributed by atoms with Gasteiger partial charge in [-0.3, -0.25) is 14.5 Å². The minimum atomic E-state index is -0.329. The summed E-state index contributed by atoms with van der Waals surface area (Å²) < 4.78 is 16.1. The van der Waals surface area contributed by atoms with Crippen molar-refractivity contribution in [2.24, 2.45) is 0 Å². The molecule has 3 aromatic rings. The van der Waals surface area contributed by atoms with E-state index < -0.39 is 0 Å². The first-order chi connectivity index (χ1) is 17.0. The molecule has 2 amide bonds. The summed E-state index contributed by atoms with van der Waals surface area (Å²) in [5.41, 5.74) is 2.51. The fourth-order valence-corrected chi connectivity index (χ4v) is 4.15. The van der Waals surface area contributed by atoms with Crippen molar-refractivity contribution >= 4 is 11.8 Å². The van der Waals surface area contributed by atoms with Crippen molar-refractivity contribution in [3.8, 4) is 22.9 Å². The third-order valence-electron chi connectivity index (χ3n) is 6.36. The molecule has 10 heteroatoms. The van der Waals surface area contributed by atoms with Crippen LogP contribution >= 0.6 is 0 Å². The summed E-state index contributed by atoms with van der Waals surface area (Å²) in [6.07, 6.45) is 0. The summed E-state index contributed by atoms with van der Waals surface area (Å²) in [6, 6.07) is 12.9. The van der Waals surface area contributed by atoms with Crippen molar-refractivity contribution in [3.05, 3.63) is 59.5 Å². The standard InChI is InChI=1S/C25H27N5O5/c1-16-3-5-18(6-4-16)23-27-25(35-28-23)17(2)29-9-11-30(12-10-29)22(31)14-26-24(32)19-7-8-20-21(13-19)34-15-33-20/h3-8,13,17H,9-12,14-15H2,1-2H3,(H,26,32). The molecule has 1 unspecified atom stereocenters. The molecule has 0 bridgehead atoms. The van der Waals surface area contributed by atoms with Gasteiger partial charge in [0.1, 0.15) is 0 Å². The van der Waals surface area contributed by atoms with Gasteiger partial charge in [-0.05, 0) is 32.0 Å². The second kappa shape index (κ2) is 9.75. The summed E-state index contributed by atoms with van der Waals surface area (Å²) in [5, 5.41) is 6.82. The minimum Gasteiger partial charge on any atom is -0.454 e. The summed E-state index contributed by atoms with van der Waals surface area (Å²) in [4.78, 5) is 33.6. The van der Waals surface area contributed by atoms with E-state index in [0.717, 1.165) is 5.56 Å². The first kappa shape index (κ1) is 22.9. The second-order valence-corrected chi connectivity index (χ2v) is 8.67. The summed E-state index contributed by atoms with van der Waals surface area (Å²) in [6.45, 7) is 6.59. The number of hydrogen-bond donors (Lipinski definition) is 1. The van der Waals surface area contributed by atoms with Gasteiger partial charge in [0, 0.05) is 37.3 Å². The van der Waals surface area contributed by atoms with E-state index in [-0.39, 0.29) is 31.2 Å². The molecule has 0 spiro atoms. The summed E-state index contributed by atoms with van der Waals surface area (Å²) >= 11 is 0. The third kappa shape index (κ3) is 4.97. The first-order valence-electron chi connectivity index (χ1n) is 11.6. The number of ether oxygens (including phenoxy) is 2. The van der Waals surface area contributed by atoms with Gasteiger partial charge in [0.2, 0.25) is 24.4 Å². The number of aromatic nitrogens is 2. The van der Waals surface area contributed by atoms with Crippen LogP contribution in [0.2, 0.25) is 0 Å². The zero-order chi connectivity index (χ0) is 24.4. The minimum absolute atomic E-state index is 0.0631. The van der Waals surface area contributed by atoms with Crippen molar-refractivity contribution in [2.75, 3.05) is 39.5 Å². The molecule has 0 aliphatic carbocycles. The van der Waals surface area contributed by atoms with Gasteiger partial charge >= 0.3 is 0 Å². The highest BCUT2D eigenvalue weighted by Gasteiger charge is 2.28. The average molecular weight is 478 g/mol. The number of nitrogens with one attached hydrogen (secondary N) is 1. The molecular formula is C25H27N5O5. The van der Waals surface area contributed by atoms with Crippen LogP contribution in [0, 0.1) is 6.92 Å². The highest BCUT2D eigenvalue weighted by Crippen LogP contribution is 2.32. The van der Waals surface area contributed by atoms with Gasteiger partial charge in [-0.25, -0.2) is 0 Å². The lowest BCUT2D eigenvalue weighted by molar-refractivity contribution is -0.132. The lowest BCUT2D eigenvalue weighted by atomic mass is 10.1. The maximum Gasteiger partial charge on any atom is 0.251 e. The molecule has 5 rings (SSSR count). The number of aryl methyl sites for hydroxylation is 1. The van der Waals surface area contributed by atoms with Gasteiger partial charge in [-0.15, -0.1) is 0 Å². The lowest BCUT2D eigenvalue weighted by Gasteiger charge is -2.36. The van der Waals surface area contributed by atoms with E-state index in [1.807, 2.05) is 38.1 Å². The Bertz CT molecular complexity index is 1220. The SMILES string of the molecule is Cc1ccc(-c2noc(C(C)N3CCN(C(=O)CNC(=O)c4ccc5c(c4)OCO5)CC3)n2)cc1. The Morgan fingerprint density at radius 3 is 2.54 bits per heavy atom. The molecule has 1 aromatic heterocycles.